The molecule has 1 saturated carbocycles. The summed E-state index contributed by atoms with van der Waals surface area (Å²) in [4.78, 5) is 15.2. The first-order valence-corrected chi connectivity index (χ1v) is 13.4. The first-order chi connectivity index (χ1) is 19.9. The fraction of sp³-hybridized carbons (Fsp3) is 0.955. The van der Waals surface area contributed by atoms with Gasteiger partial charge in [-0.3, -0.25) is 4.79 Å². The third-order valence-electron chi connectivity index (χ3n) is 7.60. The second-order valence-corrected chi connectivity index (χ2v) is 10.5. The zero-order chi connectivity index (χ0) is 31.3. The standard InChI is InChI=1S/C22H41N7O13/c23-2-1-8(31)20(38)28-7-3-6(24)18(41-22-16(36)15(35)13(33)9(39-22)4-27-29-26)17(37)19(7)42-21-14(34)11(25)12(32)10(5-30)40-21/h6-19,21-22,30-37H,1-5,23-25H2,(H,28,38)/t6?,7-,8+,9?,10?,11?,12-,13-,14?,15?,16?,17?,18-,19?,21-,22-/m1/s1. The van der Waals surface area contributed by atoms with E-state index in [1.54, 1.807) is 0 Å². The van der Waals surface area contributed by atoms with E-state index in [4.69, 9.17) is 41.7 Å². The minimum absolute atomic E-state index is 0.00690. The number of amides is 1. The summed E-state index contributed by atoms with van der Waals surface area (Å²) in [6, 6.07) is -3.57. The number of nitrogens with one attached hydrogen (secondary N) is 1. The summed E-state index contributed by atoms with van der Waals surface area (Å²) in [7, 11) is 0. The molecule has 3 rings (SSSR count). The summed E-state index contributed by atoms with van der Waals surface area (Å²) in [6.07, 6.45) is -20.8. The van der Waals surface area contributed by atoms with E-state index in [-0.39, 0.29) is 19.4 Å². The molecule has 15 N–H and O–H groups in total. The summed E-state index contributed by atoms with van der Waals surface area (Å²) in [5, 5.41) is 88.5. The van der Waals surface area contributed by atoms with Crippen molar-refractivity contribution in [3.63, 3.8) is 0 Å². The van der Waals surface area contributed by atoms with Gasteiger partial charge in [-0.1, -0.05) is 5.11 Å². The van der Waals surface area contributed by atoms with Gasteiger partial charge in [0.15, 0.2) is 12.6 Å². The van der Waals surface area contributed by atoms with Gasteiger partial charge < -0.3 is 82.3 Å². The van der Waals surface area contributed by atoms with Crippen molar-refractivity contribution in [3.8, 4) is 0 Å². The summed E-state index contributed by atoms with van der Waals surface area (Å²) in [5.41, 5.74) is 26.1. The van der Waals surface area contributed by atoms with Gasteiger partial charge >= 0.3 is 0 Å². The van der Waals surface area contributed by atoms with Crippen LogP contribution in [0.3, 0.4) is 0 Å². The molecule has 1 aliphatic carbocycles. The van der Waals surface area contributed by atoms with Crippen LogP contribution < -0.4 is 22.5 Å². The Labute approximate surface area is 239 Å². The highest BCUT2D eigenvalue weighted by atomic mass is 16.7. The molecule has 0 bridgehead atoms. The van der Waals surface area contributed by atoms with Gasteiger partial charge in [0.2, 0.25) is 5.91 Å². The van der Waals surface area contributed by atoms with Crippen molar-refractivity contribution in [1.82, 2.24) is 5.32 Å². The van der Waals surface area contributed by atoms with E-state index in [2.05, 4.69) is 15.3 Å². The Morgan fingerprint density at radius 3 is 2.19 bits per heavy atom. The number of azide groups is 1. The van der Waals surface area contributed by atoms with Crippen LogP contribution in [0.2, 0.25) is 0 Å². The van der Waals surface area contributed by atoms with Crippen molar-refractivity contribution >= 4 is 5.91 Å². The molecule has 0 aromatic rings. The number of carbonyl (C=O) groups is 1. The van der Waals surface area contributed by atoms with Crippen molar-refractivity contribution in [3.05, 3.63) is 10.4 Å². The van der Waals surface area contributed by atoms with Gasteiger partial charge in [0.05, 0.1) is 31.3 Å². The Kier molecular flexibility index (Phi) is 12.6. The lowest BCUT2D eigenvalue weighted by Gasteiger charge is -2.49. The molecule has 2 aliphatic heterocycles. The van der Waals surface area contributed by atoms with E-state index in [0.29, 0.717) is 0 Å². The minimum atomic E-state index is -1.83. The normalized spacial score (nSPS) is 45.1. The first-order valence-electron chi connectivity index (χ1n) is 13.4. The summed E-state index contributed by atoms with van der Waals surface area (Å²) >= 11 is 0. The van der Waals surface area contributed by atoms with Gasteiger partial charge in [-0.15, -0.1) is 0 Å². The highest BCUT2D eigenvalue weighted by Crippen LogP contribution is 2.32. The average Bonchev–Trinajstić information content (AvgIpc) is 2.96. The number of aliphatic hydroxyl groups is 8. The monoisotopic (exact) mass is 611 g/mol. The molecular formula is C22H41N7O13. The molecule has 1 amide bonds. The smallest absolute Gasteiger partial charge is 0.249 e. The van der Waals surface area contributed by atoms with E-state index in [0.717, 1.165) is 0 Å². The Morgan fingerprint density at radius 2 is 1.57 bits per heavy atom. The topological polar surface area (TPSA) is 355 Å². The maximum Gasteiger partial charge on any atom is 0.249 e. The molecule has 0 aromatic heterocycles. The van der Waals surface area contributed by atoms with Gasteiger partial charge in [0.1, 0.15) is 61.0 Å². The SMILES string of the molecule is [N-]=[N+]=NCC1O[C@H](O[C@@H]2C(N)C[C@@H](NC(=O)[C@@H](O)CCN)C(O[C@H]3OC(CO)[C@@H](O)C(N)C3O)C2O)C(O)C(O)[C@@H]1O. The fourth-order valence-corrected chi connectivity index (χ4v) is 5.14. The molecule has 0 aromatic carbocycles. The molecule has 3 fully saturated rings. The lowest BCUT2D eigenvalue weighted by Crippen LogP contribution is -2.69. The Balaban J connectivity index is 1.86. The van der Waals surface area contributed by atoms with Crippen molar-refractivity contribution in [2.45, 2.75) is 111 Å². The lowest BCUT2D eigenvalue weighted by atomic mass is 9.83. The van der Waals surface area contributed by atoms with Crippen molar-refractivity contribution in [2.75, 3.05) is 19.7 Å². The maximum absolute atomic E-state index is 12.6. The minimum Gasteiger partial charge on any atom is -0.394 e. The van der Waals surface area contributed by atoms with Crippen molar-refractivity contribution in [1.29, 1.82) is 0 Å². The van der Waals surface area contributed by atoms with Gasteiger partial charge in [-0.2, -0.15) is 0 Å². The fourth-order valence-electron chi connectivity index (χ4n) is 5.14. The van der Waals surface area contributed by atoms with Crippen LogP contribution in [0.5, 0.6) is 0 Å². The van der Waals surface area contributed by atoms with Crippen LogP contribution in [0.25, 0.3) is 10.4 Å². The molecule has 2 heterocycles. The van der Waals surface area contributed by atoms with Gasteiger partial charge in [0, 0.05) is 11.0 Å². The predicted octanol–water partition coefficient (Wildman–Crippen LogP) is -7.07. The number of nitrogens with two attached hydrogens (primary N) is 3. The summed E-state index contributed by atoms with van der Waals surface area (Å²) < 4.78 is 22.5. The number of aliphatic hydroxyl groups excluding tert-OH is 8. The largest absolute Gasteiger partial charge is 0.394 e. The number of hydrogen-bond acceptors (Lipinski definition) is 17. The van der Waals surface area contributed by atoms with Crippen LogP contribution in [0.4, 0.5) is 0 Å². The van der Waals surface area contributed by atoms with Gasteiger partial charge in [-0.05, 0) is 24.9 Å². The molecule has 2 saturated heterocycles. The maximum atomic E-state index is 12.6. The van der Waals surface area contributed by atoms with E-state index < -0.39 is 117 Å². The number of rotatable bonds is 11. The molecule has 9 unspecified atom stereocenters. The molecular weight excluding hydrogens is 570 g/mol. The Hall–Kier alpha value is -1.82. The zero-order valence-corrected chi connectivity index (χ0v) is 22.5. The number of nitrogens with zero attached hydrogens (tertiary/aromatic N) is 3. The number of hydrogen-bond donors (Lipinski definition) is 12. The van der Waals surface area contributed by atoms with Gasteiger partial charge in [-0.25, -0.2) is 0 Å². The number of ether oxygens (including phenoxy) is 4. The van der Waals surface area contributed by atoms with Crippen LogP contribution >= 0.6 is 0 Å². The van der Waals surface area contributed by atoms with E-state index in [1.165, 1.54) is 0 Å². The zero-order valence-electron chi connectivity index (χ0n) is 22.5. The van der Waals surface area contributed by atoms with Crippen LogP contribution in [-0.4, -0.2) is 164 Å². The quantitative estimate of drug-likeness (QED) is 0.0586. The summed E-state index contributed by atoms with van der Waals surface area (Å²) in [5.74, 6) is -0.868. The average molecular weight is 612 g/mol. The molecule has 20 nitrogen and oxygen atoms in total. The van der Waals surface area contributed by atoms with E-state index >= 15 is 0 Å². The van der Waals surface area contributed by atoms with Crippen LogP contribution in [0.1, 0.15) is 12.8 Å². The molecule has 0 spiro atoms. The van der Waals surface area contributed by atoms with Crippen molar-refractivity contribution < 1.29 is 64.6 Å². The molecule has 16 atom stereocenters. The van der Waals surface area contributed by atoms with Crippen LogP contribution in [0.15, 0.2) is 5.11 Å². The molecule has 20 heteroatoms. The van der Waals surface area contributed by atoms with Crippen molar-refractivity contribution in [2.24, 2.45) is 22.3 Å². The van der Waals surface area contributed by atoms with Crippen LogP contribution in [-0.2, 0) is 23.7 Å². The van der Waals surface area contributed by atoms with E-state index in [1.807, 2.05) is 0 Å². The molecule has 0 radical (unpaired) electrons. The lowest BCUT2D eigenvalue weighted by molar-refractivity contribution is -0.332. The highest BCUT2D eigenvalue weighted by molar-refractivity contribution is 5.80. The molecule has 3 aliphatic rings. The number of carbonyl (C=O) groups excluding carboxylic acids is 1. The molecule has 242 valence electrons. The first kappa shape index (κ1) is 34.7. The van der Waals surface area contributed by atoms with Gasteiger partial charge in [0.25, 0.3) is 0 Å². The second-order valence-electron chi connectivity index (χ2n) is 10.5. The van der Waals surface area contributed by atoms with E-state index in [9.17, 15) is 45.6 Å². The third-order valence-corrected chi connectivity index (χ3v) is 7.60. The Bertz CT molecular complexity index is 933. The Morgan fingerprint density at radius 1 is 0.952 bits per heavy atom. The third kappa shape index (κ3) is 7.63. The van der Waals surface area contributed by atoms with Crippen LogP contribution in [0, 0.1) is 0 Å². The summed E-state index contributed by atoms with van der Waals surface area (Å²) in [6.45, 7) is -1.13. The highest BCUT2D eigenvalue weighted by Gasteiger charge is 2.52. The second kappa shape index (κ2) is 15.3. The predicted molar refractivity (Wildman–Crippen MR) is 136 cm³/mol. The molecule has 42 heavy (non-hydrogen) atoms.